The highest BCUT2D eigenvalue weighted by Crippen LogP contribution is 2.32. The Morgan fingerprint density at radius 3 is 2.25 bits per heavy atom. The predicted molar refractivity (Wildman–Crippen MR) is 42.1 cm³/mol. The van der Waals surface area contributed by atoms with Crippen molar-refractivity contribution in [2.75, 3.05) is 13.3 Å². The summed E-state index contributed by atoms with van der Waals surface area (Å²) in [5, 5.41) is 0. The molecule has 0 saturated carbocycles. The average Bonchev–Trinajstić information content (AvgIpc) is 2.23. The second kappa shape index (κ2) is 4.73. The van der Waals surface area contributed by atoms with Gasteiger partial charge in [0.2, 0.25) is 0 Å². The molecule has 7 heteroatoms. The largest absolute Gasteiger partial charge is 0.386 e. The van der Waals surface area contributed by atoms with E-state index in [-0.39, 0.29) is 0 Å². The van der Waals surface area contributed by atoms with E-state index in [1.807, 2.05) is 0 Å². The van der Waals surface area contributed by atoms with Crippen LogP contribution in [0.15, 0.2) is 12.1 Å². The zero-order valence-electron chi connectivity index (χ0n) is 7.74. The van der Waals surface area contributed by atoms with Crippen molar-refractivity contribution in [3.8, 4) is 0 Å². The van der Waals surface area contributed by atoms with Crippen molar-refractivity contribution in [1.29, 1.82) is 0 Å². The van der Waals surface area contributed by atoms with Crippen LogP contribution in [0.2, 0.25) is 0 Å². The molecule has 0 bridgehead atoms. The van der Waals surface area contributed by atoms with Crippen molar-refractivity contribution in [2.45, 2.75) is 6.11 Å². The van der Waals surface area contributed by atoms with E-state index < -0.39 is 42.4 Å². The van der Waals surface area contributed by atoms with Crippen molar-refractivity contribution >= 4 is 0 Å². The van der Waals surface area contributed by atoms with Gasteiger partial charge in [-0.15, -0.1) is 0 Å². The van der Waals surface area contributed by atoms with Gasteiger partial charge in [0.15, 0.2) is 17.5 Å². The summed E-state index contributed by atoms with van der Waals surface area (Å²) in [4.78, 5) is 0. The summed E-state index contributed by atoms with van der Waals surface area (Å²) < 4.78 is 79.3. The van der Waals surface area contributed by atoms with Crippen molar-refractivity contribution in [3.05, 3.63) is 35.1 Å². The Hall–Kier alpha value is -1.24. The summed E-state index contributed by atoms with van der Waals surface area (Å²) in [5.74, 6) is -5.67. The molecule has 0 amide bonds. The zero-order valence-corrected chi connectivity index (χ0v) is 7.74. The highest BCUT2D eigenvalue weighted by Gasteiger charge is 2.37. The van der Waals surface area contributed by atoms with E-state index >= 15 is 0 Å². The maximum absolute atomic E-state index is 13.0. The summed E-state index contributed by atoms with van der Waals surface area (Å²) >= 11 is 0. The molecule has 0 spiro atoms. The standard InChI is InChI=1S/C9H6F6O/c10-3-4-16-9(14,15)5-1-2-6(11)8(13)7(5)12/h1-2H,3-4H2. The topological polar surface area (TPSA) is 9.23 Å². The Kier molecular flexibility index (Phi) is 3.79. The Labute approximate surface area is 86.6 Å². The van der Waals surface area contributed by atoms with Crippen molar-refractivity contribution in [1.82, 2.24) is 0 Å². The molecular weight excluding hydrogens is 238 g/mol. The van der Waals surface area contributed by atoms with Gasteiger partial charge in [-0.05, 0) is 12.1 Å². The molecule has 1 rings (SSSR count). The highest BCUT2D eigenvalue weighted by molar-refractivity contribution is 5.23. The molecule has 1 aromatic carbocycles. The smallest absolute Gasteiger partial charge is 0.314 e. The number of benzene rings is 1. The highest BCUT2D eigenvalue weighted by atomic mass is 19.3. The first-order chi connectivity index (χ1) is 7.40. The van der Waals surface area contributed by atoms with Gasteiger partial charge in [0.1, 0.15) is 6.67 Å². The maximum Gasteiger partial charge on any atom is 0.386 e. The molecular formula is C9H6F6O. The molecule has 0 fully saturated rings. The lowest BCUT2D eigenvalue weighted by Gasteiger charge is -2.17. The van der Waals surface area contributed by atoms with Crippen LogP contribution < -0.4 is 0 Å². The minimum atomic E-state index is -4.20. The lowest BCUT2D eigenvalue weighted by molar-refractivity contribution is -0.251. The average molecular weight is 244 g/mol. The van der Waals surface area contributed by atoms with Crippen LogP contribution >= 0.6 is 0 Å². The first kappa shape index (κ1) is 12.8. The Morgan fingerprint density at radius 2 is 1.69 bits per heavy atom. The minimum Gasteiger partial charge on any atom is -0.314 e. The molecule has 0 unspecified atom stereocenters. The van der Waals surface area contributed by atoms with Gasteiger partial charge < -0.3 is 4.74 Å². The number of halogens is 6. The number of alkyl halides is 3. The van der Waals surface area contributed by atoms with E-state index in [1.54, 1.807) is 0 Å². The minimum absolute atomic E-state index is 0.334. The van der Waals surface area contributed by atoms with Crippen molar-refractivity contribution in [3.63, 3.8) is 0 Å². The summed E-state index contributed by atoms with van der Waals surface area (Å²) in [6.07, 6.45) is -4.20. The number of hydrogen-bond acceptors (Lipinski definition) is 1. The lowest BCUT2D eigenvalue weighted by atomic mass is 10.2. The molecule has 0 heterocycles. The second-order valence-corrected chi connectivity index (χ2v) is 2.78. The Bertz CT molecular complexity index is 379. The number of hydrogen-bond donors (Lipinski definition) is 0. The normalized spacial score (nSPS) is 11.9. The molecule has 0 radical (unpaired) electrons. The van der Waals surface area contributed by atoms with Gasteiger partial charge in [-0.25, -0.2) is 17.6 Å². The van der Waals surface area contributed by atoms with Gasteiger partial charge in [-0.2, -0.15) is 8.78 Å². The van der Waals surface area contributed by atoms with Crippen LogP contribution in [0, 0.1) is 17.5 Å². The van der Waals surface area contributed by atoms with E-state index in [9.17, 15) is 26.3 Å². The summed E-state index contributed by atoms with van der Waals surface area (Å²) in [6.45, 7) is -2.19. The SMILES string of the molecule is FCCOC(F)(F)c1ccc(F)c(F)c1F. The van der Waals surface area contributed by atoms with E-state index in [1.165, 1.54) is 0 Å². The van der Waals surface area contributed by atoms with E-state index in [0.717, 1.165) is 0 Å². The number of ether oxygens (including phenoxy) is 1. The third kappa shape index (κ3) is 2.46. The van der Waals surface area contributed by atoms with Crippen LogP contribution in [0.1, 0.15) is 5.56 Å². The fourth-order valence-electron chi connectivity index (χ4n) is 0.995. The predicted octanol–water partition coefficient (Wildman–Crippen LogP) is 3.14. The zero-order chi connectivity index (χ0) is 12.3. The first-order valence-corrected chi connectivity index (χ1v) is 4.12. The third-order valence-electron chi connectivity index (χ3n) is 1.71. The van der Waals surface area contributed by atoms with Crippen LogP contribution in [-0.2, 0) is 10.8 Å². The monoisotopic (exact) mass is 244 g/mol. The molecule has 16 heavy (non-hydrogen) atoms. The van der Waals surface area contributed by atoms with Crippen LogP contribution in [0.25, 0.3) is 0 Å². The molecule has 1 aromatic rings. The van der Waals surface area contributed by atoms with Crippen molar-refractivity contribution in [2.24, 2.45) is 0 Å². The fraction of sp³-hybridized carbons (Fsp3) is 0.333. The molecule has 1 nitrogen and oxygen atoms in total. The van der Waals surface area contributed by atoms with Gasteiger partial charge in [-0.3, -0.25) is 0 Å². The van der Waals surface area contributed by atoms with E-state index in [0.29, 0.717) is 12.1 Å². The molecule has 0 aliphatic rings. The maximum atomic E-state index is 13.0. The van der Waals surface area contributed by atoms with Crippen LogP contribution in [-0.4, -0.2) is 13.3 Å². The van der Waals surface area contributed by atoms with Crippen LogP contribution in [0.3, 0.4) is 0 Å². The molecule has 0 N–H and O–H groups in total. The lowest BCUT2D eigenvalue weighted by Crippen LogP contribution is -2.22. The quantitative estimate of drug-likeness (QED) is 0.584. The first-order valence-electron chi connectivity index (χ1n) is 4.12. The van der Waals surface area contributed by atoms with Gasteiger partial charge in [0.05, 0.1) is 12.2 Å². The van der Waals surface area contributed by atoms with Gasteiger partial charge in [0.25, 0.3) is 0 Å². The third-order valence-corrected chi connectivity index (χ3v) is 1.71. The van der Waals surface area contributed by atoms with E-state index in [4.69, 9.17) is 0 Å². The van der Waals surface area contributed by atoms with E-state index in [2.05, 4.69) is 4.74 Å². The van der Waals surface area contributed by atoms with Gasteiger partial charge in [-0.1, -0.05) is 0 Å². The van der Waals surface area contributed by atoms with Crippen molar-refractivity contribution < 1.29 is 31.1 Å². The van der Waals surface area contributed by atoms with Crippen LogP contribution in [0.4, 0.5) is 26.3 Å². The summed E-state index contributed by atoms with van der Waals surface area (Å²) in [7, 11) is 0. The molecule has 0 saturated heterocycles. The van der Waals surface area contributed by atoms with Crippen LogP contribution in [0.5, 0.6) is 0 Å². The summed E-state index contributed by atoms with van der Waals surface area (Å²) in [5.41, 5.74) is -1.47. The molecule has 90 valence electrons. The van der Waals surface area contributed by atoms with Gasteiger partial charge in [0, 0.05) is 0 Å². The molecule has 0 aliphatic heterocycles. The Morgan fingerprint density at radius 1 is 1.06 bits per heavy atom. The molecule has 0 atom stereocenters. The second-order valence-electron chi connectivity index (χ2n) is 2.78. The van der Waals surface area contributed by atoms with Gasteiger partial charge >= 0.3 is 6.11 Å². The molecule has 0 aliphatic carbocycles. The fourth-order valence-corrected chi connectivity index (χ4v) is 0.995. The molecule has 0 aromatic heterocycles. The summed E-state index contributed by atoms with van der Waals surface area (Å²) in [6, 6.07) is 0.673. The number of rotatable bonds is 4. The Balaban J connectivity index is 3.08.